The van der Waals surface area contributed by atoms with Crippen molar-refractivity contribution in [1.82, 2.24) is 9.88 Å². The lowest BCUT2D eigenvalue weighted by atomic mass is 9.79. The third-order valence-corrected chi connectivity index (χ3v) is 6.23. The molecule has 0 unspecified atom stereocenters. The zero-order chi connectivity index (χ0) is 19.6. The molecule has 3 atom stereocenters. The predicted octanol–water partition coefficient (Wildman–Crippen LogP) is 3.82. The second-order valence-corrected chi connectivity index (χ2v) is 7.61. The van der Waals surface area contributed by atoms with Gasteiger partial charge in [-0.15, -0.1) is 0 Å². The van der Waals surface area contributed by atoms with Crippen LogP contribution in [0.5, 0.6) is 11.6 Å². The Bertz CT molecular complexity index is 804. The molecule has 0 spiro atoms. The standard InChI is InChI=1S/C22H27FN2O3/c1-26-19-7-5-6-18(23)17(19)15-25-13-11-22(27-2)10-9-16(14-20(22)25)28-21-8-3-4-12-24-21/h3-8,12,16,20H,9-11,13-15H2,1-2H3/t16-,20+,22-/m1/s1. The Labute approximate surface area is 165 Å². The maximum atomic E-state index is 14.5. The number of nitrogens with zero attached hydrogens (tertiary/aromatic N) is 2. The average Bonchev–Trinajstić information content (AvgIpc) is 3.09. The number of methoxy groups -OCH3 is 2. The lowest BCUT2D eigenvalue weighted by Gasteiger charge is -2.43. The molecule has 1 saturated carbocycles. The topological polar surface area (TPSA) is 43.8 Å². The van der Waals surface area contributed by atoms with Crippen LogP contribution >= 0.6 is 0 Å². The molecule has 1 aromatic carbocycles. The molecule has 150 valence electrons. The second-order valence-electron chi connectivity index (χ2n) is 7.61. The lowest BCUT2D eigenvalue weighted by Crippen LogP contribution is -2.52. The fourth-order valence-electron chi connectivity index (χ4n) is 4.73. The largest absolute Gasteiger partial charge is 0.496 e. The van der Waals surface area contributed by atoms with Gasteiger partial charge in [0.25, 0.3) is 0 Å². The Morgan fingerprint density at radius 2 is 2.07 bits per heavy atom. The number of fused-ring (bicyclic) bond motifs is 1. The van der Waals surface area contributed by atoms with Crippen LogP contribution in [0, 0.1) is 5.82 Å². The van der Waals surface area contributed by atoms with E-state index in [9.17, 15) is 4.39 Å². The quantitative estimate of drug-likeness (QED) is 0.755. The normalized spacial score (nSPS) is 27.4. The van der Waals surface area contributed by atoms with Crippen molar-refractivity contribution in [3.8, 4) is 11.6 Å². The highest BCUT2D eigenvalue weighted by atomic mass is 19.1. The smallest absolute Gasteiger partial charge is 0.213 e. The zero-order valence-corrected chi connectivity index (χ0v) is 16.4. The molecule has 0 amide bonds. The van der Waals surface area contributed by atoms with Gasteiger partial charge in [-0.2, -0.15) is 0 Å². The van der Waals surface area contributed by atoms with Crippen molar-refractivity contribution in [3.05, 3.63) is 54.0 Å². The van der Waals surface area contributed by atoms with Crippen molar-refractivity contribution in [2.45, 2.75) is 50.0 Å². The van der Waals surface area contributed by atoms with Gasteiger partial charge in [0.05, 0.1) is 12.7 Å². The maximum Gasteiger partial charge on any atom is 0.213 e. The number of ether oxygens (including phenoxy) is 3. The molecule has 0 radical (unpaired) electrons. The maximum absolute atomic E-state index is 14.5. The van der Waals surface area contributed by atoms with Crippen LogP contribution in [-0.2, 0) is 11.3 Å². The first kappa shape index (κ1) is 19.2. The van der Waals surface area contributed by atoms with Crippen LogP contribution in [0.1, 0.15) is 31.2 Å². The van der Waals surface area contributed by atoms with E-state index in [0.717, 1.165) is 32.2 Å². The Morgan fingerprint density at radius 1 is 1.18 bits per heavy atom. The van der Waals surface area contributed by atoms with Gasteiger partial charge >= 0.3 is 0 Å². The van der Waals surface area contributed by atoms with Crippen molar-refractivity contribution in [2.75, 3.05) is 20.8 Å². The van der Waals surface area contributed by atoms with E-state index in [1.165, 1.54) is 6.07 Å². The number of rotatable bonds is 6. The number of likely N-dealkylation sites (tertiary alicyclic amines) is 1. The van der Waals surface area contributed by atoms with E-state index >= 15 is 0 Å². The zero-order valence-electron chi connectivity index (χ0n) is 16.4. The molecule has 1 aromatic heterocycles. The summed E-state index contributed by atoms with van der Waals surface area (Å²) in [5, 5.41) is 0. The molecule has 28 heavy (non-hydrogen) atoms. The summed E-state index contributed by atoms with van der Waals surface area (Å²) in [6.07, 6.45) is 5.45. The summed E-state index contributed by atoms with van der Waals surface area (Å²) in [6, 6.07) is 10.8. The van der Waals surface area contributed by atoms with Crippen LogP contribution in [-0.4, -0.2) is 48.4 Å². The summed E-state index contributed by atoms with van der Waals surface area (Å²) in [4.78, 5) is 6.60. The molecular formula is C22H27FN2O3. The summed E-state index contributed by atoms with van der Waals surface area (Å²) in [7, 11) is 3.37. The molecule has 5 nitrogen and oxygen atoms in total. The molecule has 0 N–H and O–H groups in total. The number of pyridine rings is 1. The van der Waals surface area contributed by atoms with Crippen LogP contribution in [0.25, 0.3) is 0 Å². The first-order chi connectivity index (χ1) is 13.6. The minimum atomic E-state index is -0.230. The van der Waals surface area contributed by atoms with Gasteiger partial charge in [0.2, 0.25) is 5.88 Å². The van der Waals surface area contributed by atoms with Gasteiger partial charge in [0.15, 0.2) is 0 Å². The van der Waals surface area contributed by atoms with E-state index in [0.29, 0.717) is 23.7 Å². The van der Waals surface area contributed by atoms with Gasteiger partial charge in [-0.1, -0.05) is 12.1 Å². The first-order valence-electron chi connectivity index (χ1n) is 9.83. The van der Waals surface area contributed by atoms with Gasteiger partial charge in [-0.25, -0.2) is 9.37 Å². The Kier molecular flexibility index (Phi) is 5.51. The lowest BCUT2D eigenvalue weighted by molar-refractivity contribution is -0.0844. The van der Waals surface area contributed by atoms with Crippen LogP contribution in [0.2, 0.25) is 0 Å². The van der Waals surface area contributed by atoms with Gasteiger partial charge < -0.3 is 14.2 Å². The Hall–Kier alpha value is -2.18. The summed E-state index contributed by atoms with van der Waals surface area (Å²) in [5.41, 5.74) is 0.410. The minimum Gasteiger partial charge on any atom is -0.496 e. The SMILES string of the molecule is COc1cccc(F)c1CN1CC[C@]2(OC)CC[C@@H](Oc3ccccn3)C[C@H]12. The van der Waals surface area contributed by atoms with E-state index < -0.39 is 0 Å². The summed E-state index contributed by atoms with van der Waals surface area (Å²) in [6.45, 7) is 1.37. The molecule has 0 bridgehead atoms. The molecule has 2 fully saturated rings. The third-order valence-electron chi connectivity index (χ3n) is 6.23. The molecule has 4 rings (SSSR count). The van der Waals surface area contributed by atoms with E-state index in [4.69, 9.17) is 14.2 Å². The summed E-state index contributed by atoms with van der Waals surface area (Å²) >= 11 is 0. The van der Waals surface area contributed by atoms with Crippen molar-refractivity contribution < 1.29 is 18.6 Å². The van der Waals surface area contributed by atoms with Crippen LogP contribution in [0.4, 0.5) is 4.39 Å². The van der Waals surface area contributed by atoms with Crippen LogP contribution in [0.15, 0.2) is 42.6 Å². The molecule has 2 aliphatic rings. The van der Waals surface area contributed by atoms with Crippen molar-refractivity contribution in [3.63, 3.8) is 0 Å². The minimum absolute atomic E-state index is 0.0753. The second kappa shape index (κ2) is 8.05. The third kappa shape index (κ3) is 3.59. The molecular weight excluding hydrogens is 359 g/mol. The molecule has 1 aliphatic carbocycles. The monoisotopic (exact) mass is 386 g/mol. The molecule has 1 saturated heterocycles. The Balaban J connectivity index is 1.53. The van der Waals surface area contributed by atoms with E-state index in [-0.39, 0.29) is 23.6 Å². The molecule has 6 heteroatoms. The average molecular weight is 386 g/mol. The summed E-state index contributed by atoms with van der Waals surface area (Å²) < 4.78 is 32.0. The van der Waals surface area contributed by atoms with Crippen LogP contribution < -0.4 is 9.47 Å². The molecule has 2 aromatic rings. The van der Waals surface area contributed by atoms with Gasteiger partial charge in [-0.3, -0.25) is 4.90 Å². The highest BCUT2D eigenvalue weighted by Gasteiger charge is 2.51. The van der Waals surface area contributed by atoms with Crippen molar-refractivity contribution in [2.24, 2.45) is 0 Å². The fourth-order valence-corrected chi connectivity index (χ4v) is 4.73. The van der Waals surface area contributed by atoms with Crippen molar-refractivity contribution in [1.29, 1.82) is 0 Å². The summed E-state index contributed by atoms with van der Waals surface area (Å²) in [5.74, 6) is 1.01. The van der Waals surface area contributed by atoms with Crippen molar-refractivity contribution >= 4 is 0 Å². The predicted molar refractivity (Wildman–Crippen MR) is 104 cm³/mol. The molecule has 2 heterocycles. The highest BCUT2D eigenvalue weighted by molar-refractivity contribution is 5.35. The van der Waals surface area contributed by atoms with E-state index in [1.54, 1.807) is 26.5 Å². The molecule has 1 aliphatic heterocycles. The van der Waals surface area contributed by atoms with E-state index in [1.807, 2.05) is 24.3 Å². The number of benzene rings is 1. The van der Waals surface area contributed by atoms with Gasteiger partial charge in [-0.05, 0) is 37.5 Å². The highest BCUT2D eigenvalue weighted by Crippen LogP contribution is 2.44. The van der Waals surface area contributed by atoms with Crippen LogP contribution in [0.3, 0.4) is 0 Å². The van der Waals surface area contributed by atoms with E-state index in [2.05, 4.69) is 9.88 Å². The first-order valence-corrected chi connectivity index (χ1v) is 9.83. The number of hydrogen-bond acceptors (Lipinski definition) is 5. The number of hydrogen-bond donors (Lipinski definition) is 0. The van der Waals surface area contributed by atoms with Gasteiger partial charge in [0, 0.05) is 50.5 Å². The Morgan fingerprint density at radius 3 is 2.82 bits per heavy atom. The fraction of sp³-hybridized carbons (Fsp3) is 0.500. The number of halogens is 1. The number of aromatic nitrogens is 1. The van der Waals surface area contributed by atoms with Gasteiger partial charge in [0.1, 0.15) is 17.7 Å².